The Morgan fingerprint density at radius 1 is 1.55 bits per heavy atom. The van der Waals surface area contributed by atoms with E-state index >= 15 is 0 Å². The zero-order valence-corrected chi connectivity index (χ0v) is 6.85. The molecular formula is C7H9ClN2O. The highest BCUT2D eigenvalue weighted by Crippen LogP contribution is 2.24. The molecule has 11 heavy (non-hydrogen) atoms. The Balaban J connectivity index is 3.02. The summed E-state index contributed by atoms with van der Waals surface area (Å²) in [7, 11) is 1.59. The number of rotatable bonds is 2. The number of anilines is 2. The fraction of sp³-hybridized carbons (Fsp3) is 0.143. The standard InChI is InChI=1S/C7H9ClN2O/c1-11-5-2-3-6(9)7(4-5)10-8/h2-4,10H,9H2,1H3. The van der Waals surface area contributed by atoms with Crippen LogP contribution in [0.15, 0.2) is 18.2 Å². The van der Waals surface area contributed by atoms with Gasteiger partial charge in [0.15, 0.2) is 0 Å². The predicted molar refractivity (Wildman–Crippen MR) is 46.9 cm³/mol. The van der Waals surface area contributed by atoms with Crippen molar-refractivity contribution in [3.05, 3.63) is 18.2 Å². The first-order valence-electron chi connectivity index (χ1n) is 3.08. The highest BCUT2D eigenvalue weighted by molar-refractivity contribution is 6.24. The van der Waals surface area contributed by atoms with Gasteiger partial charge in [0, 0.05) is 17.8 Å². The molecule has 0 heterocycles. The van der Waals surface area contributed by atoms with Crippen LogP contribution in [0.1, 0.15) is 0 Å². The molecular weight excluding hydrogens is 164 g/mol. The summed E-state index contributed by atoms with van der Waals surface area (Å²) in [6, 6.07) is 5.22. The maximum Gasteiger partial charge on any atom is 0.121 e. The summed E-state index contributed by atoms with van der Waals surface area (Å²) in [4.78, 5) is 2.44. The average Bonchev–Trinajstić information content (AvgIpc) is 2.05. The van der Waals surface area contributed by atoms with E-state index < -0.39 is 0 Å². The second-order valence-electron chi connectivity index (χ2n) is 2.05. The minimum atomic E-state index is 0.598. The number of ether oxygens (including phenoxy) is 1. The molecule has 0 bridgehead atoms. The molecule has 0 aliphatic rings. The SMILES string of the molecule is COc1ccc(N)c(NCl)c1. The summed E-state index contributed by atoms with van der Waals surface area (Å²) >= 11 is 5.38. The van der Waals surface area contributed by atoms with Gasteiger partial charge in [0.2, 0.25) is 0 Å². The van der Waals surface area contributed by atoms with Gasteiger partial charge in [-0.25, -0.2) is 0 Å². The summed E-state index contributed by atoms with van der Waals surface area (Å²) in [5.74, 6) is 0.724. The van der Waals surface area contributed by atoms with Crippen molar-refractivity contribution in [3.8, 4) is 5.75 Å². The van der Waals surface area contributed by atoms with E-state index in [2.05, 4.69) is 4.84 Å². The maximum atomic E-state index is 5.55. The molecule has 4 heteroatoms. The Kier molecular flexibility index (Phi) is 2.44. The Hall–Kier alpha value is -1.09. The zero-order valence-electron chi connectivity index (χ0n) is 6.10. The Labute approximate surface area is 70.2 Å². The van der Waals surface area contributed by atoms with Gasteiger partial charge >= 0.3 is 0 Å². The van der Waals surface area contributed by atoms with E-state index in [0.717, 1.165) is 5.75 Å². The quantitative estimate of drug-likeness (QED) is 0.529. The lowest BCUT2D eigenvalue weighted by Crippen LogP contribution is -1.92. The maximum absolute atomic E-state index is 5.55. The largest absolute Gasteiger partial charge is 0.497 e. The predicted octanol–water partition coefficient (Wildman–Crippen LogP) is 1.84. The Bertz CT molecular complexity index is 252. The minimum Gasteiger partial charge on any atom is -0.497 e. The topological polar surface area (TPSA) is 47.3 Å². The number of methoxy groups -OCH3 is 1. The average molecular weight is 173 g/mol. The molecule has 0 saturated heterocycles. The van der Waals surface area contributed by atoms with Crippen LogP contribution in [-0.4, -0.2) is 7.11 Å². The molecule has 1 rings (SSSR count). The molecule has 0 saturated carbocycles. The van der Waals surface area contributed by atoms with Crippen molar-refractivity contribution >= 4 is 23.2 Å². The van der Waals surface area contributed by atoms with Crippen LogP contribution in [0.25, 0.3) is 0 Å². The fourth-order valence-corrected chi connectivity index (χ4v) is 0.908. The smallest absolute Gasteiger partial charge is 0.121 e. The van der Waals surface area contributed by atoms with Gasteiger partial charge in [-0.2, -0.15) is 0 Å². The molecule has 0 aliphatic carbocycles. The molecule has 0 aliphatic heterocycles. The van der Waals surface area contributed by atoms with E-state index in [1.54, 1.807) is 25.3 Å². The van der Waals surface area contributed by atoms with Gasteiger partial charge in [-0.3, -0.25) is 4.84 Å². The van der Waals surface area contributed by atoms with Crippen LogP contribution < -0.4 is 15.3 Å². The summed E-state index contributed by atoms with van der Waals surface area (Å²) in [6.45, 7) is 0. The number of hydrogen-bond acceptors (Lipinski definition) is 3. The molecule has 0 fully saturated rings. The highest BCUT2D eigenvalue weighted by Gasteiger charge is 1.98. The van der Waals surface area contributed by atoms with E-state index in [1.807, 2.05) is 0 Å². The summed E-state index contributed by atoms with van der Waals surface area (Å²) in [6.07, 6.45) is 0. The van der Waals surface area contributed by atoms with Crippen molar-refractivity contribution in [2.24, 2.45) is 0 Å². The first-order chi connectivity index (χ1) is 5.27. The molecule has 1 aromatic carbocycles. The van der Waals surface area contributed by atoms with Crippen molar-refractivity contribution in [2.75, 3.05) is 17.7 Å². The molecule has 1 aromatic rings. The number of halogens is 1. The number of hydrogen-bond donors (Lipinski definition) is 2. The van der Waals surface area contributed by atoms with Gasteiger partial charge < -0.3 is 10.5 Å². The molecule has 60 valence electrons. The van der Waals surface area contributed by atoms with Crippen LogP contribution in [0.2, 0.25) is 0 Å². The van der Waals surface area contributed by atoms with Crippen LogP contribution in [0, 0.1) is 0 Å². The molecule has 0 atom stereocenters. The molecule has 0 spiro atoms. The fourth-order valence-electron chi connectivity index (χ4n) is 0.744. The van der Waals surface area contributed by atoms with Crippen molar-refractivity contribution < 1.29 is 4.74 Å². The van der Waals surface area contributed by atoms with E-state index in [9.17, 15) is 0 Å². The lowest BCUT2D eigenvalue weighted by Gasteiger charge is -2.04. The molecule has 0 unspecified atom stereocenters. The Morgan fingerprint density at radius 3 is 2.82 bits per heavy atom. The minimum absolute atomic E-state index is 0.598. The monoisotopic (exact) mass is 172 g/mol. The summed E-state index contributed by atoms with van der Waals surface area (Å²) < 4.78 is 4.96. The van der Waals surface area contributed by atoms with E-state index in [4.69, 9.17) is 22.2 Å². The molecule has 0 amide bonds. The first-order valence-corrected chi connectivity index (χ1v) is 3.46. The van der Waals surface area contributed by atoms with Gasteiger partial charge in [-0.1, -0.05) is 0 Å². The van der Waals surface area contributed by atoms with E-state index in [0.29, 0.717) is 11.4 Å². The third kappa shape index (κ3) is 1.68. The van der Waals surface area contributed by atoms with Gasteiger partial charge in [-0.05, 0) is 12.1 Å². The van der Waals surface area contributed by atoms with Gasteiger partial charge in [-0.15, -0.1) is 0 Å². The van der Waals surface area contributed by atoms with Crippen LogP contribution in [0.4, 0.5) is 11.4 Å². The van der Waals surface area contributed by atoms with Gasteiger partial charge in [0.05, 0.1) is 18.5 Å². The number of nitrogens with two attached hydrogens (primary N) is 1. The second-order valence-corrected chi connectivity index (χ2v) is 2.24. The molecule has 3 nitrogen and oxygen atoms in total. The van der Waals surface area contributed by atoms with Crippen LogP contribution in [0.3, 0.4) is 0 Å². The first kappa shape index (κ1) is 8.01. The molecule has 0 radical (unpaired) electrons. The highest BCUT2D eigenvalue weighted by atomic mass is 35.5. The molecule has 0 aromatic heterocycles. The van der Waals surface area contributed by atoms with E-state index in [1.165, 1.54) is 0 Å². The second kappa shape index (κ2) is 3.34. The molecule has 3 N–H and O–H groups in total. The van der Waals surface area contributed by atoms with Crippen LogP contribution >= 0.6 is 11.8 Å². The Morgan fingerprint density at radius 2 is 2.27 bits per heavy atom. The van der Waals surface area contributed by atoms with Crippen molar-refractivity contribution in [2.45, 2.75) is 0 Å². The number of nitrogen functional groups attached to an aromatic ring is 1. The summed E-state index contributed by atoms with van der Waals surface area (Å²) in [5.41, 5.74) is 6.81. The van der Waals surface area contributed by atoms with Crippen molar-refractivity contribution in [1.29, 1.82) is 0 Å². The zero-order chi connectivity index (χ0) is 8.27. The van der Waals surface area contributed by atoms with Crippen LogP contribution in [0.5, 0.6) is 5.75 Å². The summed E-state index contributed by atoms with van der Waals surface area (Å²) in [5, 5.41) is 0. The van der Waals surface area contributed by atoms with Gasteiger partial charge in [0.1, 0.15) is 5.75 Å². The van der Waals surface area contributed by atoms with Crippen molar-refractivity contribution in [1.82, 2.24) is 0 Å². The lowest BCUT2D eigenvalue weighted by atomic mass is 10.2. The van der Waals surface area contributed by atoms with Crippen LogP contribution in [-0.2, 0) is 0 Å². The lowest BCUT2D eigenvalue weighted by molar-refractivity contribution is 0.415. The number of benzene rings is 1. The third-order valence-corrected chi connectivity index (χ3v) is 1.57. The normalized spacial score (nSPS) is 9.27. The van der Waals surface area contributed by atoms with Gasteiger partial charge in [0.25, 0.3) is 0 Å². The third-order valence-electron chi connectivity index (χ3n) is 1.36. The van der Waals surface area contributed by atoms with Crippen molar-refractivity contribution in [3.63, 3.8) is 0 Å². The number of nitrogens with one attached hydrogen (secondary N) is 1. The van der Waals surface area contributed by atoms with E-state index in [-0.39, 0.29) is 0 Å².